The molecular formula is C22H34O8. The largest absolute Gasteiger partial charge is 0.462 e. The second-order valence-electron chi connectivity index (χ2n) is 7.07. The lowest BCUT2D eigenvalue weighted by molar-refractivity contribution is -0.155. The molecule has 0 rings (SSSR count). The van der Waals surface area contributed by atoms with Gasteiger partial charge in [0.2, 0.25) is 0 Å². The summed E-state index contributed by atoms with van der Waals surface area (Å²) in [6.45, 7) is 14.7. The summed E-state index contributed by atoms with van der Waals surface area (Å²) in [6.07, 6.45) is 4.35. The Morgan fingerprint density at radius 3 is 1.27 bits per heavy atom. The van der Waals surface area contributed by atoms with E-state index in [9.17, 15) is 14.4 Å². The van der Waals surface area contributed by atoms with Crippen molar-refractivity contribution in [1.82, 2.24) is 0 Å². The van der Waals surface area contributed by atoms with Crippen molar-refractivity contribution < 1.29 is 38.1 Å². The third kappa shape index (κ3) is 9.84. The maximum absolute atomic E-state index is 11.5. The first-order chi connectivity index (χ1) is 14.3. The van der Waals surface area contributed by atoms with Crippen LogP contribution in [0, 0.1) is 10.8 Å². The van der Waals surface area contributed by atoms with E-state index in [2.05, 4.69) is 19.7 Å². The van der Waals surface area contributed by atoms with E-state index in [0.717, 1.165) is 18.2 Å². The first kappa shape index (κ1) is 27.5. The van der Waals surface area contributed by atoms with Gasteiger partial charge in [0.05, 0.1) is 30.7 Å². The Hall–Kier alpha value is -2.45. The number of ether oxygens (including phenoxy) is 5. The van der Waals surface area contributed by atoms with E-state index in [-0.39, 0.29) is 33.0 Å². The van der Waals surface area contributed by atoms with Crippen molar-refractivity contribution in [1.29, 1.82) is 0 Å². The van der Waals surface area contributed by atoms with E-state index in [0.29, 0.717) is 19.4 Å². The average Bonchev–Trinajstić information content (AvgIpc) is 2.78. The van der Waals surface area contributed by atoms with Crippen LogP contribution in [-0.2, 0) is 38.1 Å². The minimum Gasteiger partial charge on any atom is -0.462 e. The Balaban J connectivity index is 5.27. The van der Waals surface area contributed by atoms with Gasteiger partial charge >= 0.3 is 17.9 Å². The van der Waals surface area contributed by atoms with E-state index in [1.807, 2.05) is 13.8 Å². The molecule has 1 unspecified atom stereocenters. The van der Waals surface area contributed by atoms with Crippen LogP contribution in [0.3, 0.4) is 0 Å². The Morgan fingerprint density at radius 2 is 1.00 bits per heavy atom. The maximum Gasteiger partial charge on any atom is 0.330 e. The summed E-state index contributed by atoms with van der Waals surface area (Å²) in [7, 11) is 1.56. The van der Waals surface area contributed by atoms with Crippen LogP contribution in [0.2, 0.25) is 0 Å². The van der Waals surface area contributed by atoms with Crippen molar-refractivity contribution >= 4 is 17.9 Å². The summed E-state index contributed by atoms with van der Waals surface area (Å²) in [6, 6.07) is 0. The van der Waals surface area contributed by atoms with Gasteiger partial charge in [-0.15, -0.1) is 0 Å². The summed E-state index contributed by atoms with van der Waals surface area (Å²) in [4.78, 5) is 34.5. The van der Waals surface area contributed by atoms with Crippen molar-refractivity contribution in [2.75, 3.05) is 46.8 Å². The molecule has 0 aliphatic heterocycles. The standard InChI is InChI=1S/C22H34O8/c1-7-18(23)28-15-21(10-4,12-26-6)13-27-14-22(11-5,16-29-19(24)8-2)17-30-20(25)9-3/h7-9H,1-3,10-17H2,4-6H3. The molecule has 0 aromatic rings. The zero-order valence-corrected chi connectivity index (χ0v) is 18.3. The molecule has 0 aliphatic rings. The molecule has 0 saturated carbocycles. The van der Waals surface area contributed by atoms with E-state index < -0.39 is 28.7 Å². The lowest BCUT2D eigenvalue weighted by Gasteiger charge is -2.35. The molecule has 0 N–H and O–H groups in total. The molecular weight excluding hydrogens is 392 g/mol. The zero-order chi connectivity index (χ0) is 23.0. The third-order valence-corrected chi connectivity index (χ3v) is 4.83. The van der Waals surface area contributed by atoms with Crippen LogP contribution >= 0.6 is 0 Å². The SMILES string of the molecule is C=CC(=O)OCC(CC)(COC)COCC(CC)(COC(=O)C=C)COC(=O)C=C. The molecule has 1 atom stereocenters. The molecule has 30 heavy (non-hydrogen) atoms. The summed E-state index contributed by atoms with van der Waals surface area (Å²) < 4.78 is 26.9. The van der Waals surface area contributed by atoms with Crippen LogP contribution < -0.4 is 0 Å². The van der Waals surface area contributed by atoms with Crippen LogP contribution in [0.25, 0.3) is 0 Å². The normalized spacial score (nSPS) is 12.9. The molecule has 0 aromatic carbocycles. The Labute approximate surface area is 178 Å². The number of rotatable bonds is 17. The lowest BCUT2D eigenvalue weighted by atomic mass is 9.86. The van der Waals surface area contributed by atoms with Gasteiger partial charge in [0.25, 0.3) is 0 Å². The molecule has 0 aromatic heterocycles. The van der Waals surface area contributed by atoms with Crippen molar-refractivity contribution in [2.45, 2.75) is 26.7 Å². The first-order valence-electron chi connectivity index (χ1n) is 9.70. The van der Waals surface area contributed by atoms with Gasteiger partial charge < -0.3 is 23.7 Å². The minimum atomic E-state index is -0.762. The first-order valence-corrected chi connectivity index (χ1v) is 9.70. The minimum absolute atomic E-state index is 0.0202. The van der Waals surface area contributed by atoms with Gasteiger partial charge in [-0.1, -0.05) is 33.6 Å². The fourth-order valence-corrected chi connectivity index (χ4v) is 2.50. The summed E-state index contributed by atoms with van der Waals surface area (Å²) >= 11 is 0. The predicted octanol–water partition coefficient (Wildman–Crippen LogP) is 2.63. The highest BCUT2D eigenvalue weighted by Gasteiger charge is 2.35. The van der Waals surface area contributed by atoms with Gasteiger partial charge in [-0.25, -0.2) is 14.4 Å². The summed E-state index contributed by atoms with van der Waals surface area (Å²) in [5.74, 6) is -1.69. The predicted molar refractivity (Wildman–Crippen MR) is 112 cm³/mol. The summed E-state index contributed by atoms with van der Waals surface area (Å²) in [5.41, 5.74) is -1.33. The van der Waals surface area contributed by atoms with Gasteiger partial charge in [0, 0.05) is 25.3 Å². The zero-order valence-electron chi connectivity index (χ0n) is 18.3. The van der Waals surface area contributed by atoms with Gasteiger partial charge in [-0.3, -0.25) is 0 Å². The number of methoxy groups -OCH3 is 1. The molecule has 0 bridgehead atoms. The van der Waals surface area contributed by atoms with Crippen LogP contribution in [0.5, 0.6) is 0 Å². The molecule has 0 saturated heterocycles. The van der Waals surface area contributed by atoms with Crippen molar-refractivity contribution in [2.24, 2.45) is 10.8 Å². The molecule has 0 amide bonds. The molecule has 8 heteroatoms. The smallest absolute Gasteiger partial charge is 0.330 e. The average molecular weight is 427 g/mol. The Morgan fingerprint density at radius 1 is 0.667 bits per heavy atom. The fraction of sp³-hybridized carbons (Fsp3) is 0.591. The van der Waals surface area contributed by atoms with Gasteiger partial charge in [0.1, 0.15) is 19.8 Å². The molecule has 8 nitrogen and oxygen atoms in total. The molecule has 170 valence electrons. The molecule has 0 aliphatic carbocycles. The maximum atomic E-state index is 11.5. The number of hydrogen-bond acceptors (Lipinski definition) is 8. The summed E-state index contributed by atoms with van der Waals surface area (Å²) in [5, 5.41) is 0. The van der Waals surface area contributed by atoms with Crippen molar-refractivity contribution in [3.05, 3.63) is 38.0 Å². The van der Waals surface area contributed by atoms with Crippen LogP contribution in [0.4, 0.5) is 0 Å². The van der Waals surface area contributed by atoms with E-state index in [1.54, 1.807) is 7.11 Å². The Bertz CT molecular complexity index is 574. The van der Waals surface area contributed by atoms with Gasteiger partial charge in [0.15, 0.2) is 0 Å². The quantitative estimate of drug-likeness (QED) is 0.199. The van der Waals surface area contributed by atoms with Crippen molar-refractivity contribution in [3.8, 4) is 0 Å². The highest BCUT2D eigenvalue weighted by Crippen LogP contribution is 2.28. The second kappa shape index (κ2) is 14.5. The van der Waals surface area contributed by atoms with Crippen LogP contribution in [-0.4, -0.2) is 64.7 Å². The van der Waals surface area contributed by atoms with E-state index in [4.69, 9.17) is 23.7 Å². The van der Waals surface area contributed by atoms with Crippen molar-refractivity contribution in [3.63, 3.8) is 0 Å². The number of hydrogen-bond donors (Lipinski definition) is 0. The van der Waals surface area contributed by atoms with Gasteiger partial charge in [-0.2, -0.15) is 0 Å². The number of carbonyl (C=O) groups excluding carboxylic acids is 3. The highest BCUT2D eigenvalue weighted by atomic mass is 16.6. The topological polar surface area (TPSA) is 97.4 Å². The highest BCUT2D eigenvalue weighted by molar-refractivity contribution is 5.82. The molecule has 0 fully saturated rings. The number of carbonyl (C=O) groups is 3. The Kier molecular flexibility index (Phi) is 13.3. The molecule has 0 radical (unpaired) electrons. The fourth-order valence-electron chi connectivity index (χ4n) is 2.50. The van der Waals surface area contributed by atoms with Crippen LogP contribution in [0.15, 0.2) is 38.0 Å². The third-order valence-electron chi connectivity index (χ3n) is 4.83. The lowest BCUT2D eigenvalue weighted by Crippen LogP contribution is -2.42. The van der Waals surface area contributed by atoms with E-state index >= 15 is 0 Å². The molecule has 0 heterocycles. The van der Waals surface area contributed by atoms with Crippen LogP contribution in [0.1, 0.15) is 26.7 Å². The monoisotopic (exact) mass is 426 g/mol. The second-order valence-corrected chi connectivity index (χ2v) is 7.07. The number of esters is 3. The van der Waals surface area contributed by atoms with E-state index in [1.165, 1.54) is 0 Å². The van der Waals surface area contributed by atoms with Gasteiger partial charge in [-0.05, 0) is 12.8 Å². The molecule has 0 spiro atoms.